The first kappa shape index (κ1) is 11.0. The zero-order valence-corrected chi connectivity index (χ0v) is 9.93. The molecule has 88 valence electrons. The van der Waals surface area contributed by atoms with Gasteiger partial charge >= 0.3 is 0 Å². The van der Waals surface area contributed by atoms with Crippen LogP contribution in [0.4, 0.5) is 0 Å². The Labute approximate surface area is 104 Å². The number of nitrogens with zero attached hydrogens (tertiary/aromatic N) is 1. The van der Waals surface area contributed by atoms with Crippen molar-refractivity contribution in [1.82, 2.24) is 4.98 Å². The van der Waals surface area contributed by atoms with Crippen molar-refractivity contribution in [2.24, 2.45) is 0 Å². The number of aromatic nitrogens is 1. The highest BCUT2D eigenvalue weighted by atomic mass is 35.5. The second kappa shape index (κ2) is 4.61. The van der Waals surface area contributed by atoms with Gasteiger partial charge in [0.25, 0.3) is 0 Å². The molecule has 2 unspecified atom stereocenters. The Morgan fingerprint density at radius 3 is 3.00 bits per heavy atom. The molecule has 3 rings (SSSR count). The average Bonchev–Trinajstić information content (AvgIpc) is 2.87. The molecule has 0 aliphatic carbocycles. The van der Waals surface area contributed by atoms with Gasteiger partial charge in [0, 0.05) is 23.3 Å². The van der Waals surface area contributed by atoms with Crippen LogP contribution in [0.5, 0.6) is 0 Å². The molecule has 0 radical (unpaired) electrons. The van der Waals surface area contributed by atoms with Crippen molar-refractivity contribution in [3.05, 3.63) is 42.2 Å². The molecule has 0 spiro atoms. The molecule has 1 fully saturated rings. The van der Waals surface area contributed by atoms with Gasteiger partial charge in [-0.15, -0.1) is 11.6 Å². The predicted molar refractivity (Wildman–Crippen MR) is 66.0 cm³/mol. The van der Waals surface area contributed by atoms with Crippen LogP contribution in [0.2, 0.25) is 0 Å². The molecule has 2 atom stereocenters. The molecule has 1 aromatic heterocycles. The number of halogens is 1. The van der Waals surface area contributed by atoms with E-state index in [1.54, 1.807) is 6.20 Å². The van der Waals surface area contributed by atoms with E-state index in [0.29, 0.717) is 12.5 Å². The highest BCUT2D eigenvalue weighted by Crippen LogP contribution is 2.31. The van der Waals surface area contributed by atoms with Crippen LogP contribution in [0, 0.1) is 0 Å². The van der Waals surface area contributed by atoms with Gasteiger partial charge in [-0.2, -0.15) is 0 Å². The molecular formula is C13H12ClNO2. The van der Waals surface area contributed by atoms with E-state index in [9.17, 15) is 0 Å². The summed E-state index contributed by atoms with van der Waals surface area (Å²) in [5.41, 5.74) is 0.968. The summed E-state index contributed by atoms with van der Waals surface area (Å²) in [6.07, 6.45) is 3.26. The van der Waals surface area contributed by atoms with Crippen LogP contribution in [0.3, 0.4) is 0 Å². The summed E-state index contributed by atoms with van der Waals surface area (Å²) >= 11 is 5.76. The van der Waals surface area contributed by atoms with Crippen LogP contribution in [0.25, 0.3) is 10.8 Å². The van der Waals surface area contributed by atoms with Crippen LogP contribution in [-0.2, 0) is 9.47 Å². The lowest BCUT2D eigenvalue weighted by Gasteiger charge is -2.12. The molecule has 0 saturated carbocycles. The third-order valence-electron chi connectivity index (χ3n) is 2.87. The topological polar surface area (TPSA) is 31.4 Å². The number of fused-ring (bicyclic) bond motifs is 1. The Bertz CT molecular complexity index is 526. The first-order chi connectivity index (χ1) is 8.38. The standard InChI is InChI=1S/C13H12ClNO2/c14-5-10-8-16-13(17-10)12-7-15-6-9-3-1-2-4-11(9)12/h1-4,6-7,10,13H,5,8H2. The smallest absolute Gasteiger partial charge is 0.186 e. The van der Waals surface area contributed by atoms with E-state index in [-0.39, 0.29) is 12.4 Å². The van der Waals surface area contributed by atoms with Crippen molar-refractivity contribution in [3.8, 4) is 0 Å². The fraction of sp³-hybridized carbons (Fsp3) is 0.308. The number of pyridine rings is 1. The Morgan fingerprint density at radius 1 is 1.29 bits per heavy atom. The second-order valence-electron chi connectivity index (χ2n) is 4.03. The van der Waals surface area contributed by atoms with E-state index in [2.05, 4.69) is 4.98 Å². The fourth-order valence-corrected chi connectivity index (χ4v) is 2.18. The first-order valence-corrected chi connectivity index (χ1v) is 6.07. The van der Waals surface area contributed by atoms with Crippen molar-refractivity contribution in [3.63, 3.8) is 0 Å². The lowest BCUT2D eigenvalue weighted by Crippen LogP contribution is -2.11. The fourth-order valence-electron chi connectivity index (χ4n) is 2.02. The quantitative estimate of drug-likeness (QED) is 0.767. The largest absolute Gasteiger partial charge is 0.346 e. The second-order valence-corrected chi connectivity index (χ2v) is 4.34. The summed E-state index contributed by atoms with van der Waals surface area (Å²) < 4.78 is 11.3. The first-order valence-electron chi connectivity index (χ1n) is 5.54. The molecule has 1 aliphatic rings. The number of hydrogen-bond donors (Lipinski definition) is 0. The zero-order valence-electron chi connectivity index (χ0n) is 9.17. The van der Waals surface area contributed by atoms with Gasteiger partial charge in [-0.3, -0.25) is 4.98 Å². The van der Waals surface area contributed by atoms with E-state index in [1.165, 1.54) is 0 Å². The molecule has 1 aliphatic heterocycles. The maximum Gasteiger partial charge on any atom is 0.186 e. The van der Waals surface area contributed by atoms with E-state index in [1.807, 2.05) is 30.5 Å². The Hall–Kier alpha value is -1.16. The minimum Gasteiger partial charge on any atom is -0.346 e. The third-order valence-corrected chi connectivity index (χ3v) is 3.22. The number of benzene rings is 1. The monoisotopic (exact) mass is 249 g/mol. The highest BCUT2D eigenvalue weighted by Gasteiger charge is 2.27. The normalized spacial score (nSPS) is 24.3. The maximum absolute atomic E-state index is 5.76. The molecule has 2 aromatic rings. The summed E-state index contributed by atoms with van der Waals surface area (Å²) in [5, 5.41) is 2.20. The molecule has 2 heterocycles. The minimum atomic E-state index is -0.350. The third kappa shape index (κ3) is 2.02. The number of hydrogen-bond acceptors (Lipinski definition) is 3. The predicted octanol–water partition coefficient (Wildman–Crippen LogP) is 2.89. The molecule has 0 amide bonds. The van der Waals surface area contributed by atoms with Crippen molar-refractivity contribution in [2.45, 2.75) is 12.4 Å². The van der Waals surface area contributed by atoms with E-state index in [0.717, 1.165) is 16.3 Å². The van der Waals surface area contributed by atoms with Crippen LogP contribution in [0.1, 0.15) is 11.9 Å². The number of ether oxygens (including phenoxy) is 2. The number of alkyl halides is 1. The highest BCUT2D eigenvalue weighted by molar-refractivity contribution is 6.18. The molecule has 1 saturated heterocycles. The summed E-state index contributed by atoms with van der Waals surface area (Å²) in [7, 11) is 0. The number of rotatable bonds is 2. The lowest BCUT2D eigenvalue weighted by atomic mass is 10.1. The molecule has 0 bridgehead atoms. The van der Waals surface area contributed by atoms with Gasteiger partial charge in [-0.05, 0) is 5.39 Å². The summed E-state index contributed by atoms with van der Waals surface area (Å²) in [4.78, 5) is 4.22. The maximum atomic E-state index is 5.76. The Morgan fingerprint density at radius 2 is 2.18 bits per heavy atom. The van der Waals surface area contributed by atoms with Crippen molar-refractivity contribution < 1.29 is 9.47 Å². The molecule has 0 N–H and O–H groups in total. The van der Waals surface area contributed by atoms with Gasteiger partial charge in [0.1, 0.15) is 0 Å². The minimum absolute atomic E-state index is 0.0272. The van der Waals surface area contributed by atoms with E-state index in [4.69, 9.17) is 21.1 Å². The van der Waals surface area contributed by atoms with Crippen LogP contribution in [0.15, 0.2) is 36.7 Å². The Kier molecular flexibility index (Phi) is 2.97. The Balaban J connectivity index is 2.00. The molecular weight excluding hydrogens is 238 g/mol. The summed E-state index contributed by atoms with van der Waals surface area (Å²) in [5.74, 6) is 0.453. The average molecular weight is 250 g/mol. The van der Waals surface area contributed by atoms with Gasteiger partial charge < -0.3 is 9.47 Å². The molecule has 1 aromatic carbocycles. The van der Waals surface area contributed by atoms with Crippen molar-refractivity contribution in [1.29, 1.82) is 0 Å². The van der Waals surface area contributed by atoms with Gasteiger partial charge in [0.15, 0.2) is 6.29 Å². The van der Waals surface area contributed by atoms with Crippen molar-refractivity contribution in [2.75, 3.05) is 12.5 Å². The van der Waals surface area contributed by atoms with E-state index >= 15 is 0 Å². The molecule has 17 heavy (non-hydrogen) atoms. The molecule has 3 nitrogen and oxygen atoms in total. The van der Waals surface area contributed by atoms with Crippen molar-refractivity contribution >= 4 is 22.4 Å². The van der Waals surface area contributed by atoms with Gasteiger partial charge in [-0.1, -0.05) is 24.3 Å². The van der Waals surface area contributed by atoms with E-state index < -0.39 is 0 Å². The van der Waals surface area contributed by atoms with Gasteiger partial charge in [0.2, 0.25) is 0 Å². The lowest BCUT2D eigenvalue weighted by molar-refractivity contribution is -0.0558. The summed E-state index contributed by atoms with van der Waals surface area (Å²) in [6, 6.07) is 8.07. The molecule has 4 heteroatoms. The van der Waals surface area contributed by atoms with Crippen LogP contribution < -0.4 is 0 Å². The summed E-state index contributed by atoms with van der Waals surface area (Å²) in [6.45, 7) is 0.539. The van der Waals surface area contributed by atoms with Crippen LogP contribution in [-0.4, -0.2) is 23.6 Å². The van der Waals surface area contributed by atoms with Gasteiger partial charge in [0.05, 0.1) is 18.6 Å². The zero-order chi connectivity index (χ0) is 11.7. The van der Waals surface area contributed by atoms with Crippen LogP contribution >= 0.6 is 11.6 Å². The van der Waals surface area contributed by atoms with Gasteiger partial charge in [-0.25, -0.2) is 0 Å². The SMILES string of the molecule is ClCC1COC(c2cncc3ccccc23)O1.